The van der Waals surface area contributed by atoms with Crippen LogP contribution in [-0.2, 0) is 63.6 Å². The van der Waals surface area contributed by atoms with Crippen LogP contribution in [0.3, 0.4) is 0 Å². The smallest absolute Gasteiger partial charge is 0.333 e. The van der Waals surface area contributed by atoms with E-state index in [1.54, 1.807) is 37.3 Å². The van der Waals surface area contributed by atoms with Gasteiger partial charge >= 0.3 is 35.8 Å². The number of aryl methyl sites for hydroxylation is 1. The van der Waals surface area contributed by atoms with Gasteiger partial charge in [-0.3, -0.25) is 19.2 Å². The average molecular weight is 881 g/mol. The number of unbranched alkanes of at least 4 members (excludes halogenated alkanes) is 2. The van der Waals surface area contributed by atoms with E-state index in [0.29, 0.717) is 41.2 Å². The normalized spacial score (nSPS) is 14.8. The van der Waals surface area contributed by atoms with Gasteiger partial charge in [-0.05, 0) is 99.1 Å². The van der Waals surface area contributed by atoms with Gasteiger partial charge in [0.1, 0.15) is 43.4 Å². The predicted octanol–water partition coefficient (Wildman–Crippen LogP) is 8.88. The second-order valence-corrected chi connectivity index (χ2v) is 16.4. The van der Waals surface area contributed by atoms with Gasteiger partial charge in [-0.2, -0.15) is 0 Å². The number of hydrogen-bond donors (Lipinski definition) is 0. The van der Waals surface area contributed by atoms with Crippen molar-refractivity contribution in [1.82, 2.24) is 0 Å². The Hall–Kier alpha value is -5.53. The molecule has 0 unspecified atom stereocenters. The van der Waals surface area contributed by atoms with E-state index < -0.39 is 61.1 Å². The summed E-state index contributed by atoms with van der Waals surface area (Å²) in [4.78, 5) is 73.9. The van der Waals surface area contributed by atoms with Crippen molar-refractivity contribution in [3.8, 4) is 16.9 Å². The topological polar surface area (TPSA) is 167 Å². The number of hydrogen-bond acceptors (Lipinski definition) is 13. The summed E-state index contributed by atoms with van der Waals surface area (Å²) in [5, 5.41) is 0. The summed E-state index contributed by atoms with van der Waals surface area (Å²) in [6.07, 6.45) is 8.87. The average Bonchev–Trinajstić information content (AvgIpc) is 3.28. The van der Waals surface area contributed by atoms with Crippen LogP contribution in [0.15, 0.2) is 60.7 Å². The molecule has 0 atom stereocenters. The largest absolute Gasteiger partial charge is 0.492 e. The second kappa shape index (κ2) is 26.8. The van der Waals surface area contributed by atoms with Crippen LogP contribution in [0.25, 0.3) is 11.1 Å². The maximum Gasteiger partial charge on any atom is 0.333 e. The van der Waals surface area contributed by atoms with Crippen molar-refractivity contribution in [1.29, 1.82) is 0 Å². The summed E-state index contributed by atoms with van der Waals surface area (Å²) < 4.78 is 53.6. The zero-order valence-corrected chi connectivity index (χ0v) is 37.7. The molecule has 63 heavy (non-hydrogen) atoms. The minimum Gasteiger partial charge on any atom is -0.492 e. The lowest BCUT2D eigenvalue weighted by Crippen LogP contribution is -2.44. The number of carbonyl (C=O) groups is 6. The highest BCUT2D eigenvalue weighted by Crippen LogP contribution is 2.39. The van der Waals surface area contributed by atoms with Crippen molar-refractivity contribution in [3.05, 3.63) is 77.6 Å². The van der Waals surface area contributed by atoms with Gasteiger partial charge in [0.15, 0.2) is 0 Å². The number of ether oxygens (including phenoxy) is 7. The van der Waals surface area contributed by atoms with E-state index >= 15 is 4.39 Å². The standard InChI is InChI=1S/C49H65FO13/c1-8-9-10-12-35-14-16-36(17-15-35)37-18-20-40(41(50)28-37)38-19-21-42(39(27-38)13-11-26-59-47(55)33(2)3)60-29-49(32-63-48(56)34(4)5,30-61-45(53)24-22-43(51)57-6)31-62-46(54)25-23-44(52)58-7/h18-21,27-28,35-36H,2,4,8-17,22-26,29-32H2,1,3,5-7H3. The first-order valence-electron chi connectivity index (χ1n) is 21.8. The first-order chi connectivity index (χ1) is 30.1. The van der Waals surface area contributed by atoms with Crippen molar-refractivity contribution < 1.29 is 66.3 Å². The number of methoxy groups -OCH3 is 2. The summed E-state index contributed by atoms with van der Waals surface area (Å²) in [5.74, 6) is -3.14. The Morgan fingerprint density at radius 2 is 1.25 bits per heavy atom. The zero-order valence-electron chi connectivity index (χ0n) is 37.7. The summed E-state index contributed by atoms with van der Waals surface area (Å²) in [6, 6.07) is 10.6. The summed E-state index contributed by atoms with van der Waals surface area (Å²) in [6.45, 7) is 10.7. The monoisotopic (exact) mass is 880 g/mol. The molecule has 346 valence electrons. The van der Waals surface area contributed by atoms with Crippen molar-refractivity contribution in [2.24, 2.45) is 11.3 Å². The highest BCUT2D eigenvalue weighted by atomic mass is 19.1. The molecule has 1 aliphatic rings. The molecule has 2 aromatic carbocycles. The van der Waals surface area contributed by atoms with Crippen molar-refractivity contribution in [3.63, 3.8) is 0 Å². The van der Waals surface area contributed by atoms with Crippen LogP contribution in [0.1, 0.15) is 121 Å². The molecular formula is C49H65FO13. The summed E-state index contributed by atoms with van der Waals surface area (Å²) in [7, 11) is 2.37. The molecule has 0 aliphatic heterocycles. The maximum absolute atomic E-state index is 16.0. The number of esters is 6. The van der Waals surface area contributed by atoms with E-state index in [4.69, 9.17) is 23.7 Å². The van der Waals surface area contributed by atoms with E-state index in [1.165, 1.54) is 46.8 Å². The van der Waals surface area contributed by atoms with Crippen molar-refractivity contribution >= 4 is 35.8 Å². The van der Waals surface area contributed by atoms with Crippen LogP contribution < -0.4 is 4.74 Å². The molecule has 1 fully saturated rings. The predicted molar refractivity (Wildman–Crippen MR) is 233 cm³/mol. The molecule has 0 radical (unpaired) electrons. The lowest BCUT2D eigenvalue weighted by atomic mass is 9.77. The molecule has 2 aromatic rings. The van der Waals surface area contributed by atoms with E-state index in [1.807, 2.05) is 6.07 Å². The third-order valence-electron chi connectivity index (χ3n) is 11.1. The highest BCUT2D eigenvalue weighted by Gasteiger charge is 2.38. The van der Waals surface area contributed by atoms with Gasteiger partial charge in [0.2, 0.25) is 0 Å². The molecule has 0 saturated heterocycles. The van der Waals surface area contributed by atoms with Gasteiger partial charge in [0, 0.05) is 16.7 Å². The van der Waals surface area contributed by atoms with Crippen LogP contribution in [0.5, 0.6) is 5.75 Å². The van der Waals surface area contributed by atoms with Gasteiger partial charge in [0.25, 0.3) is 0 Å². The molecule has 0 spiro atoms. The minimum atomic E-state index is -1.53. The molecule has 13 nitrogen and oxygen atoms in total. The lowest BCUT2D eigenvalue weighted by Gasteiger charge is -2.32. The Labute approximate surface area is 371 Å². The fraction of sp³-hybridized carbons (Fsp3) is 0.551. The molecule has 0 aromatic heterocycles. The van der Waals surface area contributed by atoms with Crippen molar-refractivity contribution in [2.75, 3.05) is 47.3 Å². The molecule has 1 saturated carbocycles. The van der Waals surface area contributed by atoms with E-state index in [9.17, 15) is 28.8 Å². The van der Waals surface area contributed by atoms with E-state index in [2.05, 4.69) is 29.6 Å². The Morgan fingerprint density at radius 3 is 1.81 bits per heavy atom. The third-order valence-corrected chi connectivity index (χ3v) is 11.1. The molecule has 1 aliphatic carbocycles. The van der Waals surface area contributed by atoms with Gasteiger partial charge in [-0.15, -0.1) is 0 Å². The first kappa shape index (κ1) is 51.8. The molecule has 14 heteroatoms. The van der Waals surface area contributed by atoms with Crippen molar-refractivity contribution in [2.45, 2.75) is 117 Å². The van der Waals surface area contributed by atoms with E-state index in [-0.39, 0.29) is 55.9 Å². The number of carbonyl (C=O) groups excluding carboxylic acids is 6. The van der Waals surface area contributed by atoms with Crippen LogP contribution in [-0.4, -0.2) is 83.1 Å². The Morgan fingerprint density at radius 1 is 0.683 bits per heavy atom. The number of halogens is 1. The molecular weight excluding hydrogens is 816 g/mol. The van der Waals surface area contributed by atoms with Crippen LogP contribution >= 0.6 is 0 Å². The third kappa shape index (κ3) is 18.0. The van der Waals surface area contributed by atoms with Crippen LogP contribution in [0.4, 0.5) is 4.39 Å². The Bertz CT molecular complexity index is 1860. The fourth-order valence-corrected chi connectivity index (χ4v) is 7.17. The van der Waals surface area contributed by atoms with Crippen LogP contribution in [0.2, 0.25) is 0 Å². The van der Waals surface area contributed by atoms with Crippen LogP contribution in [0, 0.1) is 17.2 Å². The first-order valence-corrected chi connectivity index (χ1v) is 21.8. The molecule has 0 heterocycles. The van der Waals surface area contributed by atoms with Gasteiger partial charge in [-0.25, -0.2) is 14.0 Å². The maximum atomic E-state index is 16.0. The highest BCUT2D eigenvalue weighted by molar-refractivity contribution is 5.87. The SMILES string of the molecule is C=C(C)C(=O)OCCCc1cc(-c2ccc(C3CCC(CCCCC)CC3)cc2F)ccc1OCC(COC(=O)CCC(=O)OC)(COC(=O)CCC(=O)OC)COC(=O)C(=C)C. The lowest BCUT2D eigenvalue weighted by molar-refractivity contribution is -0.165. The molecule has 3 rings (SSSR count). The van der Waals surface area contributed by atoms with Gasteiger partial charge < -0.3 is 33.2 Å². The van der Waals surface area contributed by atoms with Gasteiger partial charge in [-0.1, -0.05) is 64.0 Å². The summed E-state index contributed by atoms with van der Waals surface area (Å²) in [5.41, 5.74) is 1.38. The van der Waals surface area contributed by atoms with Gasteiger partial charge in [0.05, 0.1) is 46.5 Å². The molecule has 0 N–H and O–H groups in total. The number of benzene rings is 2. The second-order valence-electron chi connectivity index (χ2n) is 16.4. The Balaban J connectivity index is 1.95. The Kier molecular flexibility index (Phi) is 22.1. The molecule has 0 amide bonds. The quantitative estimate of drug-likeness (QED) is 0.0362. The fourth-order valence-electron chi connectivity index (χ4n) is 7.17. The van der Waals surface area contributed by atoms with E-state index in [0.717, 1.165) is 37.2 Å². The molecule has 0 bridgehead atoms. The summed E-state index contributed by atoms with van der Waals surface area (Å²) >= 11 is 0. The zero-order chi connectivity index (χ0) is 46.4. The number of rotatable bonds is 27. The minimum absolute atomic E-state index is 0.0586.